The van der Waals surface area contributed by atoms with Crippen LogP contribution in [0.1, 0.15) is 31.0 Å². The molecule has 2 heterocycles. The van der Waals surface area contributed by atoms with Gasteiger partial charge in [-0.15, -0.1) is 0 Å². The number of nitrogens with two attached hydrogens (primary N) is 1. The first-order chi connectivity index (χ1) is 9.21. The van der Waals surface area contributed by atoms with Crippen LogP contribution in [-0.4, -0.2) is 14.8 Å². The summed E-state index contributed by atoms with van der Waals surface area (Å²) >= 11 is 2.07. The fourth-order valence-corrected chi connectivity index (χ4v) is 2.61. The highest BCUT2D eigenvalue weighted by Gasteiger charge is 2.31. The molecule has 2 N–H and O–H groups in total. The van der Waals surface area contributed by atoms with Crippen LogP contribution in [0.15, 0.2) is 18.3 Å². The van der Waals surface area contributed by atoms with E-state index in [9.17, 15) is 13.2 Å². The predicted molar refractivity (Wildman–Crippen MR) is 77.6 cm³/mol. The molecule has 0 fully saturated rings. The summed E-state index contributed by atoms with van der Waals surface area (Å²) < 4.78 is 39.6. The molecule has 0 atom stereocenters. The molecule has 0 radical (unpaired) electrons. The van der Waals surface area contributed by atoms with E-state index >= 15 is 0 Å². The summed E-state index contributed by atoms with van der Waals surface area (Å²) in [5, 5.41) is 4.31. The van der Waals surface area contributed by atoms with Crippen LogP contribution in [0.3, 0.4) is 0 Å². The number of anilines is 1. The van der Waals surface area contributed by atoms with Crippen LogP contribution in [0.4, 0.5) is 19.0 Å². The standard InChI is InChI=1S/C12H12F3IN4/c1-6(2)10-9(16)11(17)20(19-10)8-4-3-7(5-18-8)12(13,14)15/h3-6H,17H2,1-2H3. The van der Waals surface area contributed by atoms with E-state index in [1.165, 1.54) is 10.7 Å². The quantitative estimate of drug-likeness (QED) is 0.790. The van der Waals surface area contributed by atoms with Crippen molar-refractivity contribution in [2.45, 2.75) is 25.9 Å². The molecule has 0 aliphatic rings. The lowest BCUT2D eigenvalue weighted by atomic mass is 10.1. The van der Waals surface area contributed by atoms with E-state index in [2.05, 4.69) is 32.7 Å². The molecular formula is C12H12F3IN4. The van der Waals surface area contributed by atoms with Crippen LogP contribution in [0.2, 0.25) is 0 Å². The molecule has 2 aromatic rings. The third-order valence-electron chi connectivity index (χ3n) is 2.72. The number of alkyl halides is 3. The Morgan fingerprint density at radius 2 is 1.95 bits per heavy atom. The lowest BCUT2D eigenvalue weighted by Crippen LogP contribution is -2.08. The second-order valence-electron chi connectivity index (χ2n) is 4.55. The van der Waals surface area contributed by atoms with Gasteiger partial charge in [0, 0.05) is 6.20 Å². The van der Waals surface area contributed by atoms with Gasteiger partial charge in [-0.25, -0.2) is 4.98 Å². The second kappa shape index (κ2) is 5.23. The fourth-order valence-electron chi connectivity index (χ4n) is 1.65. The Morgan fingerprint density at radius 3 is 2.35 bits per heavy atom. The van der Waals surface area contributed by atoms with E-state index < -0.39 is 11.7 Å². The van der Waals surface area contributed by atoms with E-state index in [0.29, 0.717) is 5.82 Å². The zero-order valence-electron chi connectivity index (χ0n) is 10.7. The monoisotopic (exact) mass is 396 g/mol. The number of pyridine rings is 1. The molecule has 4 nitrogen and oxygen atoms in total. The van der Waals surface area contributed by atoms with Crippen molar-refractivity contribution < 1.29 is 13.2 Å². The van der Waals surface area contributed by atoms with Gasteiger partial charge in [0.25, 0.3) is 0 Å². The first kappa shape index (κ1) is 15.1. The zero-order valence-corrected chi connectivity index (χ0v) is 12.9. The number of aromatic nitrogens is 3. The van der Waals surface area contributed by atoms with Gasteiger partial charge in [0.15, 0.2) is 5.82 Å². The Kier molecular flexibility index (Phi) is 3.94. The molecule has 0 aliphatic carbocycles. The van der Waals surface area contributed by atoms with Crippen molar-refractivity contribution in [3.8, 4) is 5.82 Å². The summed E-state index contributed by atoms with van der Waals surface area (Å²) in [5.41, 5.74) is 5.92. The third kappa shape index (κ3) is 2.74. The average molecular weight is 396 g/mol. The SMILES string of the molecule is CC(C)c1nn(-c2ccc(C(F)(F)F)cn2)c(N)c1I. The van der Waals surface area contributed by atoms with Crippen molar-refractivity contribution in [2.75, 3.05) is 5.73 Å². The van der Waals surface area contributed by atoms with E-state index in [1.54, 1.807) is 0 Å². The number of hydrogen-bond acceptors (Lipinski definition) is 3. The largest absolute Gasteiger partial charge is 0.417 e. The van der Waals surface area contributed by atoms with Gasteiger partial charge in [-0.1, -0.05) is 13.8 Å². The molecule has 0 saturated carbocycles. The number of hydrogen-bond donors (Lipinski definition) is 1. The van der Waals surface area contributed by atoms with Gasteiger partial charge < -0.3 is 5.73 Å². The summed E-state index contributed by atoms with van der Waals surface area (Å²) in [7, 11) is 0. The zero-order chi connectivity index (χ0) is 15.1. The molecule has 2 rings (SSSR count). The minimum absolute atomic E-state index is 0.167. The molecule has 0 aromatic carbocycles. The van der Waals surface area contributed by atoms with Gasteiger partial charge in [-0.2, -0.15) is 23.0 Å². The normalized spacial score (nSPS) is 12.2. The lowest BCUT2D eigenvalue weighted by molar-refractivity contribution is -0.137. The van der Waals surface area contributed by atoms with Gasteiger partial charge in [-0.05, 0) is 40.6 Å². The molecule has 0 aliphatic heterocycles. The van der Waals surface area contributed by atoms with Crippen LogP contribution >= 0.6 is 22.6 Å². The van der Waals surface area contributed by atoms with E-state index in [4.69, 9.17) is 5.73 Å². The van der Waals surface area contributed by atoms with Crippen LogP contribution in [0.5, 0.6) is 0 Å². The Balaban J connectivity index is 2.45. The van der Waals surface area contributed by atoms with E-state index in [1.807, 2.05) is 13.8 Å². The van der Waals surface area contributed by atoms with E-state index in [-0.39, 0.29) is 11.7 Å². The highest BCUT2D eigenvalue weighted by molar-refractivity contribution is 14.1. The summed E-state index contributed by atoms with van der Waals surface area (Å²) in [6.07, 6.45) is -3.63. The lowest BCUT2D eigenvalue weighted by Gasteiger charge is -2.07. The number of halogens is 4. The van der Waals surface area contributed by atoms with Crippen molar-refractivity contribution in [1.29, 1.82) is 0 Å². The third-order valence-corrected chi connectivity index (χ3v) is 3.83. The molecular weight excluding hydrogens is 384 g/mol. The van der Waals surface area contributed by atoms with Crippen molar-refractivity contribution >= 4 is 28.4 Å². The smallest absolute Gasteiger partial charge is 0.383 e. The first-order valence-electron chi connectivity index (χ1n) is 5.79. The van der Waals surface area contributed by atoms with Crippen molar-refractivity contribution in [1.82, 2.24) is 14.8 Å². The minimum Gasteiger partial charge on any atom is -0.383 e. The highest BCUT2D eigenvalue weighted by atomic mass is 127. The van der Waals surface area contributed by atoms with Gasteiger partial charge in [-0.3, -0.25) is 0 Å². The molecule has 0 amide bonds. The van der Waals surface area contributed by atoms with Crippen molar-refractivity contribution in [2.24, 2.45) is 0 Å². The number of nitrogens with zero attached hydrogens (tertiary/aromatic N) is 3. The summed E-state index contributed by atoms with van der Waals surface area (Å²) in [4.78, 5) is 3.79. The molecule has 8 heteroatoms. The molecule has 20 heavy (non-hydrogen) atoms. The maximum atomic E-state index is 12.5. The van der Waals surface area contributed by atoms with E-state index in [0.717, 1.165) is 21.5 Å². The van der Waals surface area contributed by atoms with Gasteiger partial charge >= 0.3 is 6.18 Å². The summed E-state index contributed by atoms with van der Waals surface area (Å²) in [5.74, 6) is 0.807. The maximum Gasteiger partial charge on any atom is 0.417 e. The molecule has 0 unspecified atom stereocenters. The Bertz CT molecular complexity index is 617. The number of rotatable bonds is 2. The first-order valence-corrected chi connectivity index (χ1v) is 6.87. The molecule has 0 saturated heterocycles. The van der Waals surface area contributed by atoms with Crippen LogP contribution in [0, 0.1) is 3.57 Å². The molecule has 108 valence electrons. The van der Waals surface area contributed by atoms with Gasteiger partial charge in [0.1, 0.15) is 5.82 Å². The second-order valence-corrected chi connectivity index (χ2v) is 5.63. The molecule has 2 aromatic heterocycles. The van der Waals surface area contributed by atoms with Gasteiger partial charge in [0.2, 0.25) is 0 Å². The van der Waals surface area contributed by atoms with Gasteiger partial charge in [0.05, 0.1) is 14.8 Å². The van der Waals surface area contributed by atoms with Crippen molar-refractivity contribution in [3.05, 3.63) is 33.2 Å². The highest BCUT2D eigenvalue weighted by Crippen LogP contribution is 2.30. The van der Waals surface area contributed by atoms with Crippen LogP contribution in [0.25, 0.3) is 5.82 Å². The summed E-state index contributed by atoms with van der Waals surface area (Å²) in [6, 6.07) is 2.22. The Morgan fingerprint density at radius 1 is 1.30 bits per heavy atom. The van der Waals surface area contributed by atoms with Crippen LogP contribution in [-0.2, 0) is 6.18 Å². The Hall–Kier alpha value is -1.32. The average Bonchev–Trinajstić information content (AvgIpc) is 2.66. The molecule has 0 bridgehead atoms. The van der Waals surface area contributed by atoms with Crippen LogP contribution < -0.4 is 5.73 Å². The molecule has 0 spiro atoms. The maximum absolute atomic E-state index is 12.5. The Labute approximate surface area is 127 Å². The fraction of sp³-hybridized carbons (Fsp3) is 0.333. The topological polar surface area (TPSA) is 56.7 Å². The summed E-state index contributed by atoms with van der Waals surface area (Å²) in [6.45, 7) is 3.93. The predicted octanol–water partition coefficient (Wildman–Crippen LogP) is 3.60. The van der Waals surface area contributed by atoms with Crippen molar-refractivity contribution in [3.63, 3.8) is 0 Å². The number of nitrogen functional groups attached to an aromatic ring is 1. The minimum atomic E-state index is -4.40.